The van der Waals surface area contributed by atoms with Gasteiger partial charge in [0.05, 0.1) is 12.2 Å². The van der Waals surface area contributed by atoms with Crippen LogP contribution in [0.5, 0.6) is 0 Å². The molecule has 8 heteroatoms. The third kappa shape index (κ3) is 3.14. The number of carbonyl (C=O) groups excluding carboxylic acids is 1. The highest BCUT2D eigenvalue weighted by Crippen LogP contribution is 2.24. The van der Waals surface area contributed by atoms with Gasteiger partial charge in [-0.2, -0.15) is 0 Å². The van der Waals surface area contributed by atoms with Crippen molar-refractivity contribution in [3.05, 3.63) is 17.1 Å². The number of hydrogen-bond acceptors (Lipinski definition) is 6. The van der Waals surface area contributed by atoms with Crippen LogP contribution in [0, 0.1) is 13.8 Å². The molecule has 1 unspecified atom stereocenters. The van der Waals surface area contributed by atoms with E-state index in [1.54, 1.807) is 13.8 Å². The Morgan fingerprint density at radius 2 is 2.26 bits per heavy atom. The normalized spacial score (nSPS) is 18.0. The van der Waals surface area contributed by atoms with Crippen LogP contribution in [0.2, 0.25) is 0 Å². The lowest BCUT2D eigenvalue weighted by molar-refractivity contribution is 0.0690. The van der Waals surface area contributed by atoms with Crippen LogP contribution in [-0.2, 0) is 4.74 Å². The topological polar surface area (TPSA) is 101 Å². The average molecular weight is 283 g/mol. The monoisotopic (exact) mass is 283 g/mol. The van der Waals surface area contributed by atoms with Crippen molar-refractivity contribution in [2.45, 2.75) is 25.0 Å². The summed E-state index contributed by atoms with van der Waals surface area (Å²) < 4.78 is 4.98. The maximum atomic E-state index is 11.2. The fourth-order valence-corrected chi connectivity index (χ4v) is 2.83. The lowest BCUT2D eigenvalue weighted by atomic mass is 10.2. The number of carboxylic acid groups (broad SMARTS) is 1. The largest absolute Gasteiger partial charge is 0.478 e. The zero-order chi connectivity index (χ0) is 14.0. The van der Waals surface area contributed by atoms with Gasteiger partial charge in [-0.05, 0) is 13.8 Å². The highest BCUT2D eigenvalue weighted by Gasteiger charge is 2.24. The van der Waals surface area contributed by atoms with Gasteiger partial charge in [0.2, 0.25) is 0 Å². The summed E-state index contributed by atoms with van der Waals surface area (Å²) in [6.45, 7) is 3.77. The van der Waals surface area contributed by atoms with E-state index in [9.17, 15) is 14.7 Å². The van der Waals surface area contributed by atoms with Crippen LogP contribution in [0.25, 0.3) is 0 Å². The molecule has 1 atom stereocenters. The third-order valence-corrected chi connectivity index (χ3v) is 3.64. The highest BCUT2D eigenvalue weighted by molar-refractivity contribution is 7.99. The number of aromatic nitrogens is 2. The van der Waals surface area contributed by atoms with Crippen molar-refractivity contribution in [3.8, 4) is 0 Å². The number of alkyl carbamates (subject to hydrolysis) is 1. The average Bonchev–Trinajstić information content (AvgIpc) is 2.71. The molecule has 1 aromatic heterocycles. The Morgan fingerprint density at radius 1 is 1.53 bits per heavy atom. The molecule has 2 heterocycles. The number of ether oxygens (including phenoxy) is 1. The van der Waals surface area contributed by atoms with Crippen molar-refractivity contribution in [2.75, 3.05) is 12.3 Å². The summed E-state index contributed by atoms with van der Waals surface area (Å²) in [5, 5.41) is 12.1. The van der Waals surface area contributed by atoms with Crippen molar-refractivity contribution in [1.29, 1.82) is 0 Å². The van der Waals surface area contributed by atoms with Gasteiger partial charge in [-0.15, -0.1) is 11.8 Å². The molecule has 19 heavy (non-hydrogen) atoms. The third-order valence-electron chi connectivity index (χ3n) is 2.54. The molecule has 2 rings (SSSR count). The number of carboxylic acids is 1. The van der Waals surface area contributed by atoms with Gasteiger partial charge in [-0.1, -0.05) is 0 Å². The van der Waals surface area contributed by atoms with Crippen molar-refractivity contribution in [3.63, 3.8) is 0 Å². The molecule has 2 N–H and O–H groups in total. The molecular weight excluding hydrogens is 270 g/mol. The number of aromatic carboxylic acids is 1. The number of hydrogen-bond donors (Lipinski definition) is 2. The second-order valence-electron chi connectivity index (χ2n) is 4.06. The van der Waals surface area contributed by atoms with Crippen LogP contribution in [-0.4, -0.2) is 45.5 Å². The number of amides is 1. The Morgan fingerprint density at radius 3 is 2.84 bits per heavy atom. The lowest BCUT2D eigenvalue weighted by Gasteiger charge is -2.10. The first-order chi connectivity index (χ1) is 8.97. The van der Waals surface area contributed by atoms with Crippen LogP contribution in [0.3, 0.4) is 0 Å². The van der Waals surface area contributed by atoms with Crippen LogP contribution < -0.4 is 5.32 Å². The minimum absolute atomic E-state index is 0.105. The Bertz CT molecular complexity index is 535. The van der Waals surface area contributed by atoms with Crippen molar-refractivity contribution >= 4 is 23.8 Å². The maximum absolute atomic E-state index is 11.2. The fraction of sp³-hybridized carbons (Fsp3) is 0.455. The lowest BCUT2D eigenvalue weighted by Crippen LogP contribution is -2.17. The number of carbonyl (C=O) groups is 2. The summed E-state index contributed by atoms with van der Waals surface area (Å²) in [7, 11) is 0. The summed E-state index contributed by atoms with van der Waals surface area (Å²) in [6, 6.07) is 0. The molecule has 0 radical (unpaired) electrons. The van der Waals surface area contributed by atoms with E-state index in [-0.39, 0.29) is 11.7 Å². The first kappa shape index (κ1) is 13.6. The molecule has 1 aliphatic heterocycles. The van der Waals surface area contributed by atoms with Crippen LogP contribution in [0.4, 0.5) is 4.79 Å². The van der Waals surface area contributed by atoms with Crippen LogP contribution in [0.15, 0.2) is 5.03 Å². The molecular formula is C11H13N3O4S. The van der Waals surface area contributed by atoms with Gasteiger partial charge in [-0.25, -0.2) is 19.6 Å². The minimum Gasteiger partial charge on any atom is -0.478 e. The van der Waals surface area contributed by atoms with E-state index >= 15 is 0 Å². The second-order valence-corrected chi connectivity index (χ2v) is 5.07. The zero-order valence-corrected chi connectivity index (χ0v) is 11.3. The first-order valence-electron chi connectivity index (χ1n) is 5.63. The van der Waals surface area contributed by atoms with Gasteiger partial charge in [-0.3, -0.25) is 0 Å². The molecule has 0 aromatic carbocycles. The first-order valence-corrected chi connectivity index (χ1v) is 6.61. The molecule has 1 amide bonds. The number of cyclic esters (lactones) is 1. The molecule has 0 spiro atoms. The van der Waals surface area contributed by atoms with Crippen molar-refractivity contribution in [1.82, 2.24) is 15.3 Å². The number of nitrogens with one attached hydrogen (secondary N) is 1. The predicted octanol–water partition coefficient (Wildman–Crippen LogP) is 0.992. The van der Waals surface area contributed by atoms with Gasteiger partial charge >= 0.3 is 12.1 Å². The molecule has 1 aliphatic rings. The molecule has 7 nitrogen and oxygen atoms in total. The van der Waals surface area contributed by atoms with E-state index in [1.165, 1.54) is 11.8 Å². The predicted molar refractivity (Wildman–Crippen MR) is 67.5 cm³/mol. The quantitative estimate of drug-likeness (QED) is 0.627. The Kier molecular flexibility index (Phi) is 3.89. The Hall–Kier alpha value is -1.83. The van der Waals surface area contributed by atoms with Crippen molar-refractivity contribution in [2.24, 2.45) is 0 Å². The van der Waals surface area contributed by atoms with Gasteiger partial charge in [0.15, 0.2) is 0 Å². The molecule has 0 saturated carbocycles. The van der Waals surface area contributed by atoms with Gasteiger partial charge < -0.3 is 15.2 Å². The molecule has 102 valence electrons. The number of thioether (sulfide) groups is 1. The number of rotatable bonds is 4. The fourth-order valence-electron chi connectivity index (χ4n) is 1.73. The SMILES string of the molecule is Cc1nc(C)c(C(=O)O)c(SCC2CNC(=O)O2)n1. The summed E-state index contributed by atoms with van der Waals surface area (Å²) >= 11 is 1.25. The summed E-state index contributed by atoms with van der Waals surface area (Å²) in [6.07, 6.45) is -0.714. The van der Waals surface area contributed by atoms with Gasteiger partial charge in [0, 0.05) is 5.75 Å². The second kappa shape index (κ2) is 5.43. The molecule has 1 saturated heterocycles. The maximum Gasteiger partial charge on any atom is 0.407 e. The summed E-state index contributed by atoms with van der Waals surface area (Å²) in [5.41, 5.74) is 0.539. The van der Waals surface area contributed by atoms with Crippen LogP contribution in [0.1, 0.15) is 21.9 Å². The molecule has 0 aliphatic carbocycles. The van der Waals surface area contributed by atoms with E-state index in [0.717, 1.165) is 0 Å². The molecule has 1 fully saturated rings. The van der Waals surface area contributed by atoms with E-state index in [4.69, 9.17) is 4.74 Å². The smallest absolute Gasteiger partial charge is 0.407 e. The molecule has 0 bridgehead atoms. The summed E-state index contributed by atoms with van der Waals surface area (Å²) in [5.74, 6) is -0.0809. The molecule has 1 aromatic rings. The van der Waals surface area contributed by atoms with E-state index < -0.39 is 12.1 Å². The highest BCUT2D eigenvalue weighted by atomic mass is 32.2. The Labute approximate surface area is 113 Å². The van der Waals surface area contributed by atoms with Crippen LogP contribution >= 0.6 is 11.8 Å². The minimum atomic E-state index is -1.05. The van der Waals surface area contributed by atoms with E-state index in [2.05, 4.69) is 15.3 Å². The zero-order valence-electron chi connectivity index (χ0n) is 10.5. The van der Waals surface area contributed by atoms with Gasteiger partial charge in [0.25, 0.3) is 0 Å². The number of aryl methyl sites for hydroxylation is 2. The standard InChI is InChI=1S/C11H13N3O4S/c1-5-8(10(15)16)9(14-6(2)13-5)19-4-7-3-12-11(17)18-7/h7H,3-4H2,1-2H3,(H,12,17)(H,15,16). The summed E-state index contributed by atoms with van der Waals surface area (Å²) in [4.78, 5) is 30.3. The Balaban J connectivity index is 2.15. The number of nitrogens with zero attached hydrogens (tertiary/aromatic N) is 2. The van der Waals surface area contributed by atoms with E-state index in [1.807, 2.05) is 0 Å². The van der Waals surface area contributed by atoms with Gasteiger partial charge in [0.1, 0.15) is 22.5 Å². The van der Waals surface area contributed by atoms with E-state index in [0.29, 0.717) is 28.8 Å². The van der Waals surface area contributed by atoms with Crippen molar-refractivity contribution < 1.29 is 19.4 Å².